The molecule has 0 unspecified atom stereocenters. The molecular weight excluding hydrogens is 368 g/mol. The second kappa shape index (κ2) is 10.6. The molecule has 2 N–H and O–H groups in total. The van der Waals surface area contributed by atoms with Crippen LogP contribution in [-0.2, 0) is 11.2 Å². The van der Waals surface area contributed by atoms with Gasteiger partial charge >= 0.3 is 12.0 Å². The minimum absolute atomic E-state index is 0.0296. The van der Waals surface area contributed by atoms with Crippen molar-refractivity contribution in [3.63, 3.8) is 0 Å². The first kappa shape index (κ1) is 21.6. The Kier molecular flexibility index (Phi) is 7.89. The summed E-state index contributed by atoms with van der Waals surface area (Å²) in [6.45, 7) is 6.12. The van der Waals surface area contributed by atoms with Crippen LogP contribution in [0.1, 0.15) is 24.8 Å². The Balaban J connectivity index is 1.53. The number of carboxylic acid groups (broad SMARTS) is 1. The lowest BCUT2D eigenvalue weighted by Gasteiger charge is -2.46. The normalized spacial score (nSPS) is 23.7. The van der Waals surface area contributed by atoms with Crippen molar-refractivity contribution in [2.45, 2.75) is 31.7 Å². The van der Waals surface area contributed by atoms with E-state index in [1.165, 1.54) is 5.56 Å². The summed E-state index contributed by atoms with van der Waals surface area (Å²) in [4.78, 5) is 30.5. The average Bonchev–Trinajstić information content (AvgIpc) is 2.73. The van der Waals surface area contributed by atoms with E-state index in [2.05, 4.69) is 34.3 Å². The molecule has 0 spiro atoms. The number of hydrogen-bond donors (Lipinski definition) is 2. The maximum Gasteiger partial charge on any atom is 0.317 e. The number of hydrogen-bond acceptors (Lipinski definition) is 4. The molecule has 1 aromatic carbocycles. The van der Waals surface area contributed by atoms with Crippen LogP contribution in [0.15, 0.2) is 30.3 Å². The van der Waals surface area contributed by atoms with Gasteiger partial charge in [-0.05, 0) is 37.8 Å². The Hall–Kier alpha value is -2.12. The number of carbonyl (C=O) groups excluding carboxylic acids is 1. The molecule has 2 aliphatic rings. The van der Waals surface area contributed by atoms with E-state index in [9.17, 15) is 9.59 Å². The quantitative estimate of drug-likeness (QED) is 0.727. The van der Waals surface area contributed by atoms with E-state index < -0.39 is 5.97 Å². The fourth-order valence-corrected chi connectivity index (χ4v) is 4.50. The molecular formula is C22H34N4O3. The predicted octanol–water partition coefficient (Wildman–Crippen LogP) is 1.74. The summed E-state index contributed by atoms with van der Waals surface area (Å²) >= 11 is 0. The molecule has 7 nitrogen and oxygen atoms in total. The van der Waals surface area contributed by atoms with Crippen LogP contribution in [0.2, 0.25) is 0 Å². The molecule has 29 heavy (non-hydrogen) atoms. The van der Waals surface area contributed by atoms with Crippen LogP contribution in [0, 0.1) is 5.92 Å². The minimum Gasteiger partial charge on any atom is -0.481 e. The highest BCUT2D eigenvalue weighted by Crippen LogP contribution is 2.27. The number of benzene rings is 1. The summed E-state index contributed by atoms with van der Waals surface area (Å²) in [6.07, 6.45) is 2.52. The van der Waals surface area contributed by atoms with Crippen molar-refractivity contribution in [1.29, 1.82) is 0 Å². The van der Waals surface area contributed by atoms with Gasteiger partial charge in [-0.25, -0.2) is 4.79 Å². The van der Waals surface area contributed by atoms with Gasteiger partial charge in [-0.1, -0.05) is 30.3 Å². The van der Waals surface area contributed by atoms with Crippen LogP contribution >= 0.6 is 0 Å². The molecule has 2 atom stereocenters. The summed E-state index contributed by atoms with van der Waals surface area (Å²) in [7, 11) is 2.14. The lowest BCUT2D eigenvalue weighted by atomic mass is 9.86. The maximum atomic E-state index is 12.7. The molecule has 1 aromatic rings. The molecule has 2 aliphatic heterocycles. The van der Waals surface area contributed by atoms with Crippen LogP contribution in [0.5, 0.6) is 0 Å². The molecule has 0 aromatic heterocycles. The van der Waals surface area contributed by atoms with Crippen LogP contribution in [0.3, 0.4) is 0 Å². The lowest BCUT2D eigenvalue weighted by molar-refractivity contribution is -0.137. The molecule has 2 fully saturated rings. The highest BCUT2D eigenvalue weighted by atomic mass is 16.4. The second-order valence-corrected chi connectivity index (χ2v) is 8.30. The Morgan fingerprint density at radius 1 is 1.10 bits per heavy atom. The maximum absolute atomic E-state index is 12.7. The van der Waals surface area contributed by atoms with Gasteiger partial charge in [0.2, 0.25) is 0 Å². The molecule has 2 saturated heterocycles. The summed E-state index contributed by atoms with van der Waals surface area (Å²) in [5, 5.41) is 12.2. The van der Waals surface area contributed by atoms with Crippen molar-refractivity contribution in [3.8, 4) is 0 Å². The number of carbonyl (C=O) groups is 2. The molecule has 2 heterocycles. The number of piperidine rings is 1. The standard InChI is InChI=1S/C22H34N4O3/c1-24-13-15-25(16-14-24)20-10-12-26(17-19(20)7-8-21(27)28)22(29)23-11-9-18-5-3-2-4-6-18/h2-6,19-20H,7-17H2,1H3,(H,23,29)(H,27,28)/t19-,20+/m1/s1. The van der Waals surface area contributed by atoms with Gasteiger partial charge in [0, 0.05) is 58.3 Å². The van der Waals surface area contributed by atoms with Gasteiger partial charge in [-0.15, -0.1) is 0 Å². The van der Waals surface area contributed by atoms with Gasteiger partial charge < -0.3 is 20.2 Å². The fourth-order valence-electron chi connectivity index (χ4n) is 4.50. The molecule has 2 amide bonds. The van der Waals surface area contributed by atoms with Crippen molar-refractivity contribution in [2.24, 2.45) is 5.92 Å². The number of carboxylic acids is 1. The largest absolute Gasteiger partial charge is 0.481 e. The van der Waals surface area contributed by atoms with Crippen LogP contribution in [0.4, 0.5) is 4.79 Å². The van der Waals surface area contributed by atoms with Crippen molar-refractivity contribution in [2.75, 3.05) is 52.9 Å². The Labute approximate surface area is 173 Å². The number of aliphatic carboxylic acids is 1. The summed E-state index contributed by atoms with van der Waals surface area (Å²) in [6, 6.07) is 10.5. The van der Waals surface area contributed by atoms with Gasteiger partial charge in [0.1, 0.15) is 0 Å². The van der Waals surface area contributed by atoms with E-state index in [4.69, 9.17) is 5.11 Å². The Morgan fingerprint density at radius 2 is 1.83 bits per heavy atom. The topological polar surface area (TPSA) is 76.1 Å². The number of likely N-dealkylation sites (N-methyl/N-ethyl adjacent to an activating group) is 1. The lowest BCUT2D eigenvalue weighted by Crippen LogP contribution is -2.58. The zero-order valence-corrected chi connectivity index (χ0v) is 17.4. The summed E-state index contributed by atoms with van der Waals surface area (Å²) in [5.41, 5.74) is 1.21. The monoisotopic (exact) mass is 402 g/mol. The minimum atomic E-state index is -0.758. The van der Waals surface area contributed by atoms with Crippen LogP contribution < -0.4 is 5.32 Å². The van der Waals surface area contributed by atoms with Gasteiger partial charge in [0.15, 0.2) is 0 Å². The van der Waals surface area contributed by atoms with Crippen molar-refractivity contribution in [3.05, 3.63) is 35.9 Å². The number of rotatable bonds is 7. The zero-order chi connectivity index (χ0) is 20.6. The molecule has 0 aliphatic carbocycles. The SMILES string of the molecule is CN1CCN([C@H]2CCN(C(=O)NCCc3ccccc3)C[C@H]2CCC(=O)O)CC1. The van der Waals surface area contributed by atoms with Gasteiger partial charge in [-0.3, -0.25) is 9.69 Å². The highest BCUT2D eigenvalue weighted by Gasteiger charge is 2.35. The molecule has 160 valence electrons. The Morgan fingerprint density at radius 3 is 2.52 bits per heavy atom. The van der Waals surface area contributed by atoms with Crippen LogP contribution in [0.25, 0.3) is 0 Å². The first-order chi connectivity index (χ1) is 14.0. The molecule has 0 bridgehead atoms. The van der Waals surface area contributed by atoms with Gasteiger partial charge in [0.25, 0.3) is 0 Å². The predicted molar refractivity (Wildman–Crippen MR) is 113 cm³/mol. The van der Waals surface area contributed by atoms with Gasteiger partial charge in [0.05, 0.1) is 0 Å². The molecule has 3 rings (SSSR count). The van der Waals surface area contributed by atoms with Crippen molar-refractivity contribution in [1.82, 2.24) is 20.0 Å². The number of amides is 2. The van der Waals surface area contributed by atoms with Gasteiger partial charge in [-0.2, -0.15) is 0 Å². The summed E-state index contributed by atoms with van der Waals surface area (Å²) < 4.78 is 0. The van der Waals surface area contributed by atoms with E-state index in [-0.39, 0.29) is 18.4 Å². The number of likely N-dealkylation sites (tertiary alicyclic amines) is 1. The zero-order valence-electron chi connectivity index (χ0n) is 17.4. The summed E-state index contributed by atoms with van der Waals surface area (Å²) in [5.74, 6) is -0.547. The molecule has 0 radical (unpaired) electrons. The van der Waals surface area contributed by atoms with E-state index in [1.54, 1.807) is 0 Å². The number of piperazine rings is 1. The van der Waals surface area contributed by atoms with E-state index >= 15 is 0 Å². The number of nitrogens with zero attached hydrogens (tertiary/aromatic N) is 3. The van der Waals surface area contributed by atoms with Crippen molar-refractivity contribution < 1.29 is 14.7 Å². The highest BCUT2D eigenvalue weighted by molar-refractivity contribution is 5.74. The third-order valence-corrected chi connectivity index (χ3v) is 6.25. The average molecular weight is 403 g/mol. The van der Waals surface area contributed by atoms with E-state index in [0.29, 0.717) is 25.6 Å². The first-order valence-electron chi connectivity index (χ1n) is 10.7. The third kappa shape index (κ3) is 6.44. The fraction of sp³-hybridized carbons (Fsp3) is 0.636. The van der Waals surface area contributed by atoms with Crippen molar-refractivity contribution >= 4 is 12.0 Å². The third-order valence-electron chi connectivity index (χ3n) is 6.25. The second-order valence-electron chi connectivity index (χ2n) is 8.30. The number of urea groups is 1. The van der Waals surface area contributed by atoms with E-state index in [0.717, 1.165) is 45.6 Å². The Bertz CT molecular complexity index is 661. The first-order valence-corrected chi connectivity index (χ1v) is 10.7. The molecule has 7 heteroatoms. The van der Waals surface area contributed by atoms with E-state index in [1.807, 2.05) is 23.1 Å². The van der Waals surface area contributed by atoms with Crippen LogP contribution in [-0.4, -0.2) is 90.7 Å². The smallest absolute Gasteiger partial charge is 0.317 e. The molecule has 0 saturated carbocycles. The number of nitrogens with one attached hydrogen (secondary N) is 1.